The molecule has 0 atom stereocenters. The van der Waals surface area contributed by atoms with Crippen LogP contribution in [-0.2, 0) is 13.0 Å². The molecule has 2 heterocycles. The highest BCUT2D eigenvalue weighted by Gasteiger charge is 2.13. The lowest BCUT2D eigenvalue weighted by Crippen LogP contribution is -1.99. The van der Waals surface area contributed by atoms with Crippen LogP contribution in [-0.4, -0.2) is 9.97 Å². The minimum Gasteiger partial charge on any atom is -0.326 e. The minimum atomic E-state index is 0.441. The normalized spacial score (nSPS) is 11.1. The maximum Gasteiger partial charge on any atom is 0.0975 e. The molecule has 0 saturated heterocycles. The van der Waals surface area contributed by atoms with E-state index in [1.54, 1.807) is 11.3 Å². The van der Waals surface area contributed by atoms with E-state index in [9.17, 15) is 0 Å². The van der Waals surface area contributed by atoms with E-state index >= 15 is 0 Å². The van der Waals surface area contributed by atoms with Crippen molar-refractivity contribution in [2.45, 2.75) is 32.7 Å². The first-order chi connectivity index (χ1) is 8.20. The number of hydrogen-bond donors (Lipinski definition) is 1. The zero-order valence-electron chi connectivity index (χ0n) is 10.2. The van der Waals surface area contributed by atoms with Gasteiger partial charge < -0.3 is 5.73 Å². The van der Waals surface area contributed by atoms with Gasteiger partial charge in [0, 0.05) is 30.2 Å². The van der Waals surface area contributed by atoms with Crippen molar-refractivity contribution in [3.63, 3.8) is 0 Å². The first-order valence-electron chi connectivity index (χ1n) is 5.78. The molecule has 2 N–H and O–H groups in total. The summed E-state index contributed by atoms with van der Waals surface area (Å²) in [7, 11) is 0. The Morgan fingerprint density at radius 3 is 2.53 bits per heavy atom. The van der Waals surface area contributed by atoms with Gasteiger partial charge in [-0.3, -0.25) is 4.98 Å². The van der Waals surface area contributed by atoms with Gasteiger partial charge in [0.1, 0.15) is 0 Å². The summed E-state index contributed by atoms with van der Waals surface area (Å²) in [5.74, 6) is 0.441. The molecule has 0 aliphatic heterocycles. The third kappa shape index (κ3) is 2.90. The molecule has 90 valence electrons. The zero-order chi connectivity index (χ0) is 12.3. The van der Waals surface area contributed by atoms with Gasteiger partial charge in [-0.2, -0.15) is 0 Å². The van der Waals surface area contributed by atoms with Gasteiger partial charge >= 0.3 is 0 Å². The number of thiazole rings is 1. The number of nitrogens with zero attached hydrogens (tertiary/aromatic N) is 2. The Morgan fingerprint density at radius 1 is 1.29 bits per heavy atom. The molecule has 0 amide bonds. The van der Waals surface area contributed by atoms with E-state index in [0.717, 1.165) is 17.1 Å². The lowest BCUT2D eigenvalue weighted by atomic mass is 10.1. The predicted octanol–water partition coefficient (Wildman–Crippen LogP) is 2.71. The average molecular weight is 247 g/mol. The second-order valence-electron chi connectivity index (χ2n) is 4.31. The molecular weight excluding hydrogens is 230 g/mol. The van der Waals surface area contributed by atoms with Crippen LogP contribution in [0.25, 0.3) is 0 Å². The molecule has 0 spiro atoms. The van der Waals surface area contributed by atoms with Crippen LogP contribution < -0.4 is 5.73 Å². The topological polar surface area (TPSA) is 51.8 Å². The van der Waals surface area contributed by atoms with Gasteiger partial charge in [-0.25, -0.2) is 4.98 Å². The van der Waals surface area contributed by atoms with Crippen LogP contribution in [0.5, 0.6) is 0 Å². The second kappa shape index (κ2) is 5.38. The van der Waals surface area contributed by atoms with E-state index in [2.05, 4.69) is 18.8 Å². The number of hydrogen-bond acceptors (Lipinski definition) is 4. The van der Waals surface area contributed by atoms with Gasteiger partial charge in [-0.05, 0) is 23.6 Å². The zero-order valence-corrected chi connectivity index (χ0v) is 11.0. The van der Waals surface area contributed by atoms with Crippen molar-refractivity contribution >= 4 is 11.3 Å². The summed E-state index contributed by atoms with van der Waals surface area (Å²) < 4.78 is 0. The van der Waals surface area contributed by atoms with Crippen molar-refractivity contribution in [3.05, 3.63) is 45.7 Å². The van der Waals surface area contributed by atoms with Gasteiger partial charge in [-0.1, -0.05) is 13.8 Å². The first-order valence-corrected chi connectivity index (χ1v) is 6.59. The Kier molecular flexibility index (Phi) is 3.86. The van der Waals surface area contributed by atoms with Gasteiger partial charge in [0.15, 0.2) is 0 Å². The van der Waals surface area contributed by atoms with Crippen LogP contribution in [0.2, 0.25) is 0 Å². The number of rotatable bonds is 4. The summed E-state index contributed by atoms with van der Waals surface area (Å²) in [5.41, 5.74) is 8.15. The van der Waals surface area contributed by atoms with Crippen molar-refractivity contribution in [1.29, 1.82) is 0 Å². The molecular formula is C13H17N3S. The molecule has 2 aromatic rings. The molecule has 17 heavy (non-hydrogen) atoms. The van der Waals surface area contributed by atoms with E-state index < -0.39 is 0 Å². The molecule has 0 aliphatic rings. The maximum absolute atomic E-state index is 5.76. The van der Waals surface area contributed by atoms with E-state index in [1.165, 1.54) is 10.4 Å². The Labute approximate surface area is 106 Å². The van der Waals surface area contributed by atoms with Gasteiger partial charge in [0.25, 0.3) is 0 Å². The van der Waals surface area contributed by atoms with Crippen molar-refractivity contribution in [1.82, 2.24) is 9.97 Å². The van der Waals surface area contributed by atoms with Crippen LogP contribution in [0.3, 0.4) is 0 Å². The predicted molar refractivity (Wildman–Crippen MR) is 71.1 cm³/mol. The van der Waals surface area contributed by atoms with Crippen LogP contribution in [0.4, 0.5) is 0 Å². The third-order valence-corrected chi connectivity index (χ3v) is 3.70. The number of nitrogens with two attached hydrogens (primary N) is 1. The highest BCUT2D eigenvalue weighted by molar-refractivity contribution is 7.11. The first kappa shape index (κ1) is 12.2. The summed E-state index contributed by atoms with van der Waals surface area (Å²) in [6.07, 6.45) is 4.50. The fraction of sp³-hybridized carbons (Fsp3) is 0.385. The Balaban J connectivity index is 2.23. The molecule has 0 unspecified atom stereocenters. The second-order valence-corrected chi connectivity index (χ2v) is 5.48. The molecule has 4 heteroatoms. The van der Waals surface area contributed by atoms with E-state index in [1.807, 2.05) is 24.5 Å². The molecule has 2 rings (SSSR count). The SMILES string of the molecule is CC(C)c1nc(Cc2ccncc2)sc1CN. The van der Waals surface area contributed by atoms with Crippen LogP contribution in [0.15, 0.2) is 24.5 Å². The van der Waals surface area contributed by atoms with Gasteiger partial charge in [-0.15, -0.1) is 11.3 Å². The molecule has 2 aromatic heterocycles. The standard InChI is InChI=1S/C13H17N3S/c1-9(2)13-11(8-14)17-12(16-13)7-10-3-5-15-6-4-10/h3-6,9H,7-8,14H2,1-2H3. The molecule has 0 fully saturated rings. The Hall–Kier alpha value is -1.26. The van der Waals surface area contributed by atoms with Gasteiger partial charge in [0.05, 0.1) is 10.7 Å². The number of aromatic nitrogens is 2. The fourth-order valence-corrected chi connectivity index (χ4v) is 2.90. The summed E-state index contributed by atoms with van der Waals surface area (Å²) in [4.78, 5) is 9.92. The molecule has 0 radical (unpaired) electrons. The molecule has 0 bridgehead atoms. The number of pyridine rings is 1. The van der Waals surface area contributed by atoms with Crippen LogP contribution in [0.1, 0.15) is 40.9 Å². The summed E-state index contributed by atoms with van der Waals surface area (Å²) in [5, 5.41) is 1.14. The highest BCUT2D eigenvalue weighted by Crippen LogP contribution is 2.26. The summed E-state index contributed by atoms with van der Waals surface area (Å²) >= 11 is 1.73. The van der Waals surface area contributed by atoms with Crippen LogP contribution in [0, 0.1) is 0 Å². The fourth-order valence-electron chi connectivity index (χ4n) is 1.76. The lowest BCUT2D eigenvalue weighted by Gasteiger charge is -2.01. The average Bonchev–Trinajstić information content (AvgIpc) is 2.73. The Morgan fingerprint density at radius 2 is 2.00 bits per heavy atom. The van der Waals surface area contributed by atoms with Crippen molar-refractivity contribution in [3.8, 4) is 0 Å². The highest BCUT2D eigenvalue weighted by atomic mass is 32.1. The monoisotopic (exact) mass is 247 g/mol. The third-order valence-electron chi connectivity index (χ3n) is 2.61. The maximum atomic E-state index is 5.76. The van der Waals surface area contributed by atoms with Crippen molar-refractivity contribution < 1.29 is 0 Å². The van der Waals surface area contributed by atoms with Crippen molar-refractivity contribution in [2.75, 3.05) is 0 Å². The minimum absolute atomic E-state index is 0.441. The largest absolute Gasteiger partial charge is 0.326 e. The molecule has 0 aliphatic carbocycles. The summed E-state index contributed by atoms with van der Waals surface area (Å²) in [6, 6.07) is 4.05. The summed E-state index contributed by atoms with van der Waals surface area (Å²) in [6.45, 7) is 4.90. The lowest BCUT2D eigenvalue weighted by molar-refractivity contribution is 0.806. The molecule has 3 nitrogen and oxygen atoms in total. The molecule has 0 saturated carbocycles. The van der Waals surface area contributed by atoms with E-state index in [-0.39, 0.29) is 0 Å². The Bertz CT molecular complexity index is 477. The molecule has 0 aromatic carbocycles. The van der Waals surface area contributed by atoms with Crippen LogP contribution >= 0.6 is 11.3 Å². The van der Waals surface area contributed by atoms with E-state index in [0.29, 0.717) is 12.5 Å². The smallest absolute Gasteiger partial charge is 0.0975 e. The quantitative estimate of drug-likeness (QED) is 0.903. The van der Waals surface area contributed by atoms with E-state index in [4.69, 9.17) is 10.7 Å². The van der Waals surface area contributed by atoms with Crippen molar-refractivity contribution in [2.24, 2.45) is 5.73 Å². The van der Waals surface area contributed by atoms with Gasteiger partial charge in [0.2, 0.25) is 0 Å².